The van der Waals surface area contributed by atoms with Crippen molar-refractivity contribution in [3.8, 4) is 11.3 Å². The van der Waals surface area contributed by atoms with E-state index in [0.29, 0.717) is 17.5 Å². The average molecular weight is 364 g/mol. The van der Waals surface area contributed by atoms with Crippen LogP contribution in [0.5, 0.6) is 0 Å². The van der Waals surface area contributed by atoms with Crippen LogP contribution in [0.4, 0.5) is 0 Å². The number of nitrogens with one attached hydrogen (secondary N) is 1. The van der Waals surface area contributed by atoms with Crippen molar-refractivity contribution in [1.29, 1.82) is 0 Å². The SMILES string of the molecule is CN(C)CCCNC(=O)c1ccc(-c2nn(C)c(=O)c3ccccc23)cc1. The highest BCUT2D eigenvalue weighted by Crippen LogP contribution is 2.24. The van der Waals surface area contributed by atoms with Gasteiger partial charge in [-0.25, -0.2) is 4.68 Å². The van der Waals surface area contributed by atoms with Gasteiger partial charge in [0.15, 0.2) is 0 Å². The molecule has 6 nitrogen and oxygen atoms in total. The highest BCUT2D eigenvalue weighted by Gasteiger charge is 2.11. The molecule has 1 heterocycles. The number of hydrogen-bond donors (Lipinski definition) is 1. The largest absolute Gasteiger partial charge is 0.352 e. The second-order valence-electron chi connectivity index (χ2n) is 6.81. The Balaban J connectivity index is 1.82. The van der Waals surface area contributed by atoms with E-state index in [-0.39, 0.29) is 11.5 Å². The molecule has 0 bridgehead atoms. The van der Waals surface area contributed by atoms with Gasteiger partial charge < -0.3 is 10.2 Å². The van der Waals surface area contributed by atoms with Crippen molar-refractivity contribution in [3.05, 3.63) is 64.4 Å². The Labute approximate surface area is 158 Å². The lowest BCUT2D eigenvalue weighted by Gasteiger charge is -2.11. The number of rotatable bonds is 6. The highest BCUT2D eigenvalue weighted by molar-refractivity contribution is 5.96. The van der Waals surface area contributed by atoms with E-state index in [9.17, 15) is 9.59 Å². The topological polar surface area (TPSA) is 67.2 Å². The van der Waals surface area contributed by atoms with E-state index in [0.717, 1.165) is 29.6 Å². The Morgan fingerprint density at radius 2 is 1.74 bits per heavy atom. The van der Waals surface area contributed by atoms with Crippen LogP contribution in [0, 0.1) is 0 Å². The second-order valence-corrected chi connectivity index (χ2v) is 6.81. The van der Waals surface area contributed by atoms with Gasteiger partial charge >= 0.3 is 0 Å². The summed E-state index contributed by atoms with van der Waals surface area (Å²) in [5.74, 6) is -0.0846. The molecule has 0 aliphatic heterocycles. The lowest BCUT2D eigenvalue weighted by atomic mass is 10.0. The summed E-state index contributed by atoms with van der Waals surface area (Å²) < 4.78 is 1.35. The first-order valence-corrected chi connectivity index (χ1v) is 8.97. The van der Waals surface area contributed by atoms with Gasteiger partial charge in [0.25, 0.3) is 11.5 Å². The van der Waals surface area contributed by atoms with Gasteiger partial charge in [-0.1, -0.05) is 30.3 Å². The molecule has 0 atom stereocenters. The fourth-order valence-electron chi connectivity index (χ4n) is 2.99. The monoisotopic (exact) mass is 364 g/mol. The van der Waals surface area contributed by atoms with Crippen molar-refractivity contribution in [2.45, 2.75) is 6.42 Å². The number of nitrogens with zero attached hydrogens (tertiary/aromatic N) is 3. The molecule has 0 aliphatic carbocycles. The highest BCUT2D eigenvalue weighted by atomic mass is 16.1. The molecule has 140 valence electrons. The van der Waals surface area contributed by atoms with Crippen molar-refractivity contribution in [1.82, 2.24) is 20.0 Å². The Morgan fingerprint density at radius 1 is 1.07 bits per heavy atom. The van der Waals surface area contributed by atoms with Crippen LogP contribution >= 0.6 is 0 Å². The molecule has 0 saturated carbocycles. The predicted molar refractivity (Wildman–Crippen MR) is 108 cm³/mol. The smallest absolute Gasteiger partial charge is 0.274 e. The van der Waals surface area contributed by atoms with Crippen molar-refractivity contribution in [3.63, 3.8) is 0 Å². The number of carbonyl (C=O) groups is 1. The van der Waals surface area contributed by atoms with E-state index >= 15 is 0 Å². The van der Waals surface area contributed by atoms with Crippen LogP contribution in [-0.2, 0) is 7.05 Å². The number of fused-ring (bicyclic) bond motifs is 1. The Hall–Kier alpha value is -2.99. The van der Waals surface area contributed by atoms with Crippen molar-refractivity contribution in [2.75, 3.05) is 27.2 Å². The quantitative estimate of drug-likeness (QED) is 0.682. The molecule has 0 fully saturated rings. The van der Waals surface area contributed by atoms with Gasteiger partial charge in [0.05, 0.1) is 11.1 Å². The van der Waals surface area contributed by atoms with Gasteiger partial charge in [-0.2, -0.15) is 5.10 Å². The summed E-state index contributed by atoms with van der Waals surface area (Å²) in [4.78, 5) is 26.6. The molecule has 27 heavy (non-hydrogen) atoms. The number of aromatic nitrogens is 2. The summed E-state index contributed by atoms with van der Waals surface area (Å²) in [6.07, 6.45) is 0.908. The van der Waals surface area contributed by atoms with Crippen molar-refractivity contribution >= 4 is 16.7 Å². The van der Waals surface area contributed by atoms with Crippen LogP contribution in [0.25, 0.3) is 22.0 Å². The molecular weight excluding hydrogens is 340 g/mol. The number of benzene rings is 2. The number of hydrogen-bond acceptors (Lipinski definition) is 4. The molecule has 2 aromatic carbocycles. The molecule has 0 unspecified atom stereocenters. The van der Waals surface area contributed by atoms with E-state index in [1.54, 1.807) is 25.2 Å². The van der Waals surface area contributed by atoms with Crippen LogP contribution < -0.4 is 10.9 Å². The predicted octanol–water partition coefficient (Wildman–Crippen LogP) is 2.28. The number of amides is 1. The zero-order chi connectivity index (χ0) is 19.4. The lowest BCUT2D eigenvalue weighted by Crippen LogP contribution is -2.27. The van der Waals surface area contributed by atoms with Crippen LogP contribution in [0.15, 0.2) is 53.3 Å². The summed E-state index contributed by atoms with van der Waals surface area (Å²) in [5, 5.41) is 8.79. The van der Waals surface area contributed by atoms with Gasteiger partial charge in [0.2, 0.25) is 0 Å². The Kier molecular flexibility index (Phi) is 5.66. The average Bonchev–Trinajstić information content (AvgIpc) is 2.68. The maximum atomic E-state index is 12.3. The first-order chi connectivity index (χ1) is 13.0. The molecule has 0 spiro atoms. The van der Waals surface area contributed by atoms with Crippen LogP contribution in [-0.4, -0.2) is 47.8 Å². The standard InChI is InChI=1S/C21H24N4O2/c1-24(2)14-6-13-22-20(26)16-11-9-15(10-12-16)19-17-7-4-5-8-18(17)21(27)25(3)23-19/h4-5,7-12H,6,13-14H2,1-3H3,(H,22,26). The fraction of sp³-hybridized carbons (Fsp3) is 0.286. The third-order valence-electron chi connectivity index (χ3n) is 4.44. The van der Waals surface area contributed by atoms with Crippen molar-refractivity contribution in [2.24, 2.45) is 7.05 Å². The Morgan fingerprint density at radius 3 is 2.41 bits per heavy atom. The minimum absolute atomic E-state index is 0.0846. The third-order valence-corrected chi connectivity index (χ3v) is 4.44. The van der Waals surface area contributed by atoms with E-state index in [4.69, 9.17) is 0 Å². The summed E-state index contributed by atoms with van der Waals surface area (Å²) >= 11 is 0. The van der Waals surface area contributed by atoms with Crippen LogP contribution in [0.1, 0.15) is 16.8 Å². The summed E-state index contributed by atoms with van der Waals surface area (Å²) in [7, 11) is 5.67. The summed E-state index contributed by atoms with van der Waals surface area (Å²) in [6.45, 7) is 1.58. The molecule has 0 saturated heterocycles. The molecule has 0 radical (unpaired) electrons. The molecule has 1 amide bonds. The zero-order valence-electron chi connectivity index (χ0n) is 15.9. The lowest BCUT2D eigenvalue weighted by molar-refractivity contribution is 0.0952. The first-order valence-electron chi connectivity index (χ1n) is 8.97. The minimum Gasteiger partial charge on any atom is -0.352 e. The fourth-order valence-corrected chi connectivity index (χ4v) is 2.99. The molecule has 3 aromatic rings. The van der Waals surface area contributed by atoms with E-state index in [1.807, 2.05) is 44.4 Å². The molecule has 0 aliphatic rings. The molecule has 6 heteroatoms. The van der Waals surface area contributed by atoms with Crippen molar-refractivity contribution < 1.29 is 4.79 Å². The molecule has 1 N–H and O–H groups in total. The van der Waals surface area contributed by atoms with Crippen LogP contribution in [0.3, 0.4) is 0 Å². The minimum atomic E-state index is -0.122. The first kappa shape index (κ1) is 18.8. The maximum Gasteiger partial charge on any atom is 0.274 e. The van der Waals surface area contributed by atoms with Gasteiger partial charge in [0.1, 0.15) is 0 Å². The third kappa shape index (κ3) is 4.23. The molecule has 3 rings (SSSR count). The van der Waals surface area contributed by atoms with Gasteiger partial charge in [-0.05, 0) is 45.3 Å². The summed E-state index contributed by atoms with van der Waals surface area (Å²) in [5.41, 5.74) is 2.08. The van der Waals surface area contributed by atoms with E-state index < -0.39 is 0 Å². The van der Waals surface area contributed by atoms with Gasteiger partial charge in [-0.3, -0.25) is 9.59 Å². The van der Waals surface area contributed by atoms with Crippen LogP contribution in [0.2, 0.25) is 0 Å². The summed E-state index contributed by atoms with van der Waals surface area (Å²) in [6, 6.07) is 14.8. The van der Waals surface area contributed by atoms with Gasteiger partial charge in [0, 0.05) is 30.1 Å². The maximum absolute atomic E-state index is 12.3. The second kappa shape index (κ2) is 8.14. The van der Waals surface area contributed by atoms with Gasteiger partial charge in [-0.15, -0.1) is 0 Å². The zero-order valence-corrected chi connectivity index (χ0v) is 15.9. The normalized spacial score (nSPS) is 11.1. The molecule has 1 aromatic heterocycles. The van der Waals surface area contributed by atoms with E-state index in [1.165, 1.54) is 4.68 Å². The number of aryl methyl sites for hydroxylation is 1. The van der Waals surface area contributed by atoms with E-state index in [2.05, 4.69) is 15.3 Å². The number of carbonyl (C=O) groups excluding carboxylic acids is 1. The Bertz CT molecular complexity index is 1010. The molecular formula is C21H24N4O2.